The summed E-state index contributed by atoms with van der Waals surface area (Å²) in [6.07, 6.45) is 5.56. The number of nitrogens with zero attached hydrogens (tertiary/aromatic N) is 3. The first-order chi connectivity index (χ1) is 8.92. The van der Waals surface area contributed by atoms with Gasteiger partial charge in [0.25, 0.3) is 0 Å². The van der Waals surface area contributed by atoms with Crippen LogP contribution in [0.1, 0.15) is 29.3 Å². The number of benzene rings is 1. The number of hydrogen-bond donors (Lipinski definition) is 1. The topological polar surface area (TPSA) is 54.5 Å². The Labute approximate surface area is 104 Å². The number of imidazole rings is 1. The van der Waals surface area contributed by atoms with Gasteiger partial charge in [-0.25, -0.2) is 15.0 Å². The Kier molecular flexibility index (Phi) is 1.97. The average molecular weight is 236 g/mol. The fourth-order valence-electron chi connectivity index (χ4n) is 2.79. The SMILES string of the molecule is c1ccc2c(c1)CCC2c1nc2ncncc2[nH]1. The lowest BCUT2D eigenvalue weighted by molar-refractivity contribution is 0.744. The second kappa shape index (κ2) is 3.63. The summed E-state index contributed by atoms with van der Waals surface area (Å²) in [7, 11) is 0. The molecule has 2 heterocycles. The summed E-state index contributed by atoms with van der Waals surface area (Å²) in [6.45, 7) is 0. The van der Waals surface area contributed by atoms with Crippen molar-refractivity contribution in [1.29, 1.82) is 0 Å². The van der Waals surface area contributed by atoms with E-state index in [0.717, 1.165) is 29.8 Å². The maximum absolute atomic E-state index is 4.59. The van der Waals surface area contributed by atoms with Gasteiger partial charge in [0.2, 0.25) is 0 Å². The maximum Gasteiger partial charge on any atom is 0.180 e. The van der Waals surface area contributed by atoms with Crippen LogP contribution in [0, 0.1) is 0 Å². The van der Waals surface area contributed by atoms with Gasteiger partial charge in [-0.1, -0.05) is 24.3 Å². The number of aryl methyl sites for hydroxylation is 1. The van der Waals surface area contributed by atoms with Gasteiger partial charge in [-0.05, 0) is 24.0 Å². The van der Waals surface area contributed by atoms with E-state index in [1.165, 1.54) is 17.5 Å². The minimum Gasteiger partial charge on any atom is -0.339 e. The molecule has 0 bridgehead atoms. The highest BCUT2D eigenvalue weighted by atomic mass is 15.0. The normalized spacial score (nSPS) is 18.1. The van der Waals surface area contributed by atoms with Crippen LogP contribution in [0.3, 0.4) is 0 Å². The Morgan fingerprint density at radius 2 is 2.17 bits per heavy atom. The number of aromatic amines is 1. The highest BCUT2D eigenvalue weighted by molar-refractivity contribution is 5.69. The number of H-pyrrole nitrogens is 1. The molecule has 18 heavy (non-hydrogen) atoms. The third-order valence-electron chi connectivity index (χ3n) is 3.64. The van der Waals surface area contributed by atoms with Crippen molar-refractivity contribution >= 4 is 11.2 Å². The molecule has 0 aliphatic heterocycles. The van der Waals surface area contributed by atoms with E-state index in [2.05, 4.69) is 44.2 Å². The predicted molar refractivity (Wildman–Crippen MR) is 68.3 cm³/mol. The molecule has 88 valence electrons. The van der Waals surface area contributed by atoms with Crippen molar-refractivity contribution in [1.82, 2.24) is 19.9 Å². The summed E-state index contributed by atoms with van der Waals surface area (Å²) in [6, 6.07) is 8.61. The highest BCUT2D eigenvalue weighted by Gasteiger charge is 2.26. The molecule has 4 rings (SSSR count). The molecule has 1 aliphatic carbocycles. The van der Waals surface area contributed by atoms with Gasteiger partial charge in [0.05, 0.1) is 6.20 Å². The first-order valence-electron chi connectivity index (χ1n) is 6.15. The van der Waals surface area contributed by atoms with Crippen LogP contribution >= 0.6 is 0 Å². The van der Waals surface area contributed by atoms with Gasteiger partial charge in [0, 0.05) is 5.92 Å². The summed E-state index contributed by atoms with van der Waals surface area (Å²) >= 11 is 0. The molecule has 1 aliphatic rings. The van der Waals surface area contributed by atoms with Gasteiger partial charge in [0.1, 0.15) is 17.7 Å². The van der Waals surface area contributed by atoms with Crippen LogP contribution in [0.5, 0.6) is 0 Å². The molecular weight excluding hydrogens is 224 g/mol. The van der Waals surface area contributed by atoms with Gasteiger partial charge in [-0.15, -0.1) is 0 Å². The largest absolute Gasteiger partial charge is 0.339 e. The molecule has 0 saturated heterocycles. The Morgan fingerprint density at radius 1 is 1.22 bits per heavy atom. The van der Waals surface area contributed by atoms with Crippen LogP contribution < -0.4 is 0 Å². The molecule has 1 N–H and O–H groups in total. The third kappa shape index (κ3) is 1.35. The second-order valence-electron chi connectivity index (χ2n) is 4.67. The van der Waals surface area contributed by atoms with E-state index >= 15 is 0 Å². The number of hydrogen-bond acceptors (Lipinski definition) is 3. The Hall–Kier alpha value is -2.23. The fraction of sp³-hybridized carbons (Fsp3) is 0.214. The molecule has 0 amide bonds. The second-order valence-corrected chi connectivity index (χ2v) is 4.67. The highest BCUT2D eigenvalue weighted by Crippen LogP contribution is 2.36. The van der Waals surface area contributed by atoms with Crippen molar-refractivity contribution in [3.05, 3.63) is 53.7 Å². The average Bonchev–Trinajstić information content (AvgIpc) is 3.02. The summed E-state index contributed by atoms with van der Waals surface area (Å²) in [5.74, 6) is 1.38. The van der Waals surface area contributed by atoms with E-state index in [1.807, 2.05) is 0 Å². The molecule has 1 aromatic carbocycles. The zero-order valence-electron chi connectivity index (χ0n) is 9.80. The van der Waals surface area contributed by atoms with E-state index in [0.29, 0.717) is 5.92 Å². The summed E-state index contributed by atoms with van der Waals surface area (Å²) in [5, 5.41) is 0. The number of aromatic nitrogens is 4. The quantitative estimate of drug-likeness (QED) is 0.706. The smallest absolute Gasteiger partial charge is 0.180 e. The molecule has 1 atom stereocenters. The van der Waals surface area contributed by atoms with Crippen LogP contribution in [-0.2, 0) is 6.42 Å². The number of fused-ring (bicyclic) bond motifs is 2. The van der Waals surface area contributed by atoms with Crippen LogP contribution in [0.2, 0.25) is 0 Å². The maximum atomic E-state index is 4.59. The van der Waals surface area contributed by atoms with Crippen molar-refractivity contribution in [2.75, 3.05) is 0 Å². The molecule has 0 fully saturated rings. The van der Waals surface area contributed by atoms with Crippen LogP contribution in [0.4, 0.5) is 0 Å². The molecule has 4 heteroatoms. The van der Waals surface area contributed by atoms with Gasteiger partial charge in [-0.2, -0.15) is 0 Å². The minimum absolute atomic E-state index is 0.371. The monoisotopic (exact) mass is 236 g/mol. The van der Waals surface area contributed by atoms with Crippen molar-refractivity contribution in [2.24, 2.45) is 0 Å². The lowest BCUT2D eigenvalue weighted by Gasteiger charge is -2.07. The zero-order valence-corrected chi connectivity index (χ0v) is 9.80. The molecule has 4 nitrogen and oxygen atoms in total. The third-order valence-corrected chi connectivity index (χ3v) is 3.64. The van der Waals surface area contributed by atoms with E-state index in [9.17, 15) is 0 Å². The van der Waals surface area contributed by atoms with Gasteiger partial charge < -0.3 is 4.98 Å². The van der Waals surface area contributed by atoms with Crippen molar-refractivity contribution in [3.63, 3.8) is 0 Å². The first-order valence-corrected chi connectivity index (χ1v) is 6.15. The molecule has 0 spiro atoms. The Bertz CT molecular complexity index is 683. The molecule has 2 aromatic heterocycles. The van der Waals surface area contributed by atoms with E-state index in [-0.39, 0.29) is 0 Å². The van der Waals surface area contributed by atoms with Crippen LogP contribution in [-0.4, -0.2) is 19.9 Å². The minimum atomic E-state index is 0.371. The first kappa shape index (κ1) is 9.76. The van der Waals surface area contributed by atoms with E-state index < -0.39 is 0 Å². The van der Waals surface area contributed by atoms with Crippen molar-refractivity contribution < 1.29 is 0 Å². The van der Waals surface area contributed by atoms with Gasteiger partial charge in [0.15, 0.2) is 5.65 Å². The Balaban J connectivity index is 1.85. The van der Waals surface area contributed by atoms with Gasteiger partial charge in [-0.3, -0.25) is 0 Å². The van der Waals surface area contributed by atoms with Crippen molar-refractivity contribution in [2.45, 2.75) is 18.8 Å². The summed E-state index contributed by atoms with van der Waals surface area (Å²) < 4.78 is 0. The summed E-state index contributed by atoms with van der Waals surface area (Å²) in [4.78, 5) is 16.1. The summed E-state index contributed by atoms with van der Waals surface area (Å²) in [5.41, 5.74) is 4.50. The van der Waals surface area contributed by atoms with E-state index in [4.69, 9.17) is 0 Å². The van der Waals surface area contributed by atoms with Crippen LogP contribution in [0.15, 0.2) is 36.8 Å². The molecular formula is C14H12N4. The van der Waals surface area contributed by atoms with Gasteiger partial charge >= 0.3 is 0 Å². The number of nitrogens with one attached hydrogen (secondary N) is 1. The lowest BCUT2D eigenvalue weighted by Crippen LogP contribution is -1.98. The van der Waals surface area contributed by atoms with E-state index in [1.54, 1.807) is 6.20 Å². The fourth-order valence-corrected chi connectivity index (χ4v) is 2.79. The standard InChI is InChI=1S/C14H12N4/c1-2-4-10-9(3-1)5-6-11(10)13-17-12-7-15-8-16-14(12)18-13/h1-4,7-8,11H,5-6H2,(H,15,16,17,18). The molecule has 3 aromatic rings. The van der Waals surface area contributed by atoms with Crippen LogP contribution in [0.25, 0.3) is 11.2 Å². The predicted octanol–water partition coefficient (Wildman–Crippen LogP) is 2.43. The molecule has 1 unspecified atom stereocenters. The lowest BCUT2D eigenvalue weighted by atomic mass is 10.0. The number of rotatable bonds is 1. The zero-order chi connectivity index (χ0) is 11.9. The molecule has 0 saturated carbocycles. The Morgan fingerprint density at radius 3 is 3.11 bits per heavy atom. The van der Waals surface area contributed by atoms with Crippen molar-refractivity contribution in [3.8, 4) is 0 Å². The molecule has 0 radical (unpaired) electrons.